The van der Waals surface area contributed by atoms with Crippen LogP contribution in [-0.2, 0) is 14.8 Å². The second-order valence-electron chi connectivity index (χ2n) is 3.50. The number of pyridine rings is 1. The van der Waals surface area contributed by atoms with Gasteiger partial charge in [0.05, 0.1) is 25.1 Å². The maximum atomic E-state index is 11.0. The monoisotopic (exact) mass is 243 g/mol. The maximum Gasteiger partial charge on any atom is 0.255 e. The summed E-state index contributed by atoms with van der Waals surface area (Å²) >= 11 is 0. The molecule has 2 rings (SSSR count). The van der Waals surface area contributed by atoms with Gasteiger partial charge in [0.2, 0.25) is 0 Å². The van der Waals surface area contributed by atoms with Crippen LogP contribution in [0.2, 0.25) is 0 Å². The van der Waals surface area contributed by atoms with Crippen LogP contribution in [0.15, 0.2) is 23.4 Å². The minimum absolute atomic E-state index is 0.107. The van der Waals surface area contributed by atoms with E-state index in [0.29, 0.717) is 13.2 Å². The zero-order chi connectivity index (χ0) is 11.6. The predicted octanol–water partition coefficient (Wildman–Crippen LogP) is -0.434. The molecule has 0 bridgehead atoms. The van der Waals surface area contributed by atoms with Gasteiger partial charge in [0, 0.05) is 13.1 Å². The normalized spacial score (nSPS) is 17.4. The van der Waals surface area contributed by atoms with Gasteiger partial charge in [-0.05, 0) is 12.1 Å². The lowest BCUT2D eigenvalue weighted by Gasteiger charge is -2.28. The van der Waals surface area contributed by atoms with Crippen molar-refractivity contribution in [1.29, 1.82) is 0 Å². The van der Waals surface area contributed by atoms with Gasteiger partial charge in [-0.25, -0.2) is 18.5 Å². The van der Waals surface area contributed by atoms with Crippen LogP contribution in [0.4, 0.5) is 5.69 Å². The summed E-state index contributed by atoms with van der Waals surface area (Å²) in [5, 5.41) is 4.85. The fourth-order valence-corrected chi connectivity index (χ4v) is 2.01. The number of sulfonamides is 1. The lowest BCUT2D eigenvalue weighted by molar-refractivity contribution is 0.122. The second kappa shape index (κ2) is 4.36. The van der Waals surface area contributed by atoms with Gasteiger partial charge in [-0.15, -0.1) is 0 Å². The molecule has 0 atom stereocenters. The van der Waals surface area contributed by atoms with Crippen molar-refractivity contribution in [2.45, 2.75) is 5.03 Å². The molecule has 0 amide bonds. The van der Waals surface area contributed by atoms with Crippen LogP contribution < -0.4 is 10.0 Å². The second-order valence-corrected chi connectivity index (χ2v) is 5.01. The van der Waals surface area contributed by atoms with E-state index in [1.807, 2.05) is 0 Å². The highest BCUT2D eigenvalue weighted by Gasteiger charge is 2.13. The molecule has 0 aromatic carbocycles. The number of nitrogens with two attached hydrogens (primary N) is 1. The Balaban J connectivity index is 2.18. The van der Waals surface area contributed by atoms with Crippen molar-refractivity contribution in [2.75, 3.05) is 31.2 Å². The van der Waals surface area contributed by atoms with Crippen molar-refractivity contribution in [3.05, 3.63) is 18.3 Å². The summed E-state index contributed by atoms with van der Waals surface area (Å²) in [6.07, 6.45) is 1.52. The van der Waals surface area contributed by atoms with Crippen LogP contribution in [0.3, 0.4) is 0 Å². The fourth-order valence-electron chi connectivity index (χ4n) is 1.55. The van der Waals surface area contributed by atoms with E-state index in [4.69, 9.17) is 9.88 Å². The quantitative estimate of drug-likeness (QED) is 0.761. The lowest BCUT2D eigenvalue weighted by atomic mass is 10.3. The highest BCUT2D eigenvalue weighted by Crippen LogP contribution is 2.15. The molecule has 6 nitrogen and oxygen atoms in total. The van der Waals surface area contributed by atoms with E-state index in [-0.39, 0.29) is 5.03 Å². The first-order chi connectivity index (χ1) is 7.57. The van der Waals surface area contributed by atoms with E-state index < -0.39 is 10.0 Å². The van der Waals surface area contributed by atoms with E-state index >= 15 is 0 Å². The molecular formula is C9H13N3O3S. The van der Waals surface area contributed by atoms with E-state index in [9.17, 15) is 8.42 Å². The van der Waals surface area contributed by atoms with E-state index in [0.717, 1.165) is 18.8 Å². The highest BCUT2D eigenvalue weighted by atomic mass is 32.2. The molecule has 1 fully saturated rings. The Morgan fingerprint density at radius 3 is 2.50 bits per heavy atom. The summed E-state index contributed by atoms with van der Waals surface area (Å²) in [6.45, 7) is 2.93. The summed E-state index contributed by atoms with van der Waals surface area (Å²) in [6, 6.07) is 3.12. The summed E-state index contributed by atoms with van der Waals surface area (Å²) in [5.41, 5.74) is 0.885. The SMILES string of the molecule is NS(=O)(=O)c1ccc(N2CCOCC2)cn1. The van der Waals surface area contributed by atoms with Crippen molar-refractivity contribution in [2.24, 2.45) is 5.14 Å². The molecule has 0 aliphatic carbocycles. The number of rotatable bonds is 2. The van der Waals surface area contributed by atoms with Crippen LogP contribution in [0.1, 0.15) is 0 Å². The number of anilines is 1. The van der Waals surface area contributed by atoms with Crippen LogP contribution in [0.25, 0.3) is 0 Å². The average molecular weight is 243 g/mol. The first-order valence-corrected chi connectivity index (χ1v) is 6.43. The molecule has 1 saturated heterocycles. The van der Waals surface area contributed by atoms with E-state index in [1.54, 1.807) is 6.07 Å². The van der Waals surface area contributed by atoms with E-state index in [2.05, 4.69) is 9.88 Å². The van der Waals surface area contributed by atoms with Gasteiger partial charge < -0.3 is 9.64 Å². The number of hydrogen-bond donors (Lipinski definition) is 1. The third-order valence-corrected chi connectivity index (χ3v) is 3.21. The first kappa shape index (κ1) is 11.3. The number of morpholine rings is 1. The molecule has 1 aromatic heterocycles. The number of nitrogens with zero attached hydrogens (tertiary/aromatic N) is 2. The van der Waals surface area contributed by atoms with Crippen molar-refractivity contribution in [3.63, 3.8) is 0 Å². The van der Waals surface area contributed by atoms with Crippen molar-refractivity contribution >= 4 is 15.7 Å². The summed E-state index contributed by atoms with van der Waals surface area (Å²) in [4.78, 5) is 5.92. The Morgan fingerprint density at radius 2 is 2.00 bits per heavy atom. The Labute approximate surface area is 94.1 Å². The Morgan fingerprint density at radius 1 is 1.31 bits per heavy atom. The zero-order valence-corrected chi connectivity index (χ0v) is 9.48. The Bertz CT molecular complexity index is 451. The van der Waals surface area contributed by atoms with E-state index in [1.165, 1.54) is 12.3 Å². The number of ether oxygens (including phenoxy) is 1. The molecule has 1 aliphatic rings. The minimum Gasteiger partial charge on any atom is -0.378 e. The van der Waals surface area contributed by atoms with Gasteiger partial charge in [-0.2, -0.15) is 0 Å². The molecule has 0 radical (unpaired) electrons. The van der Waals surface area contributed by atoms with Crippen LogP contribution >= 0.6 is 0 Å². The Hall–Kier alpha value is -1.18. The summed E-state index contributed by atoms with van der Waals surface area (Å²) in [7, 11) is -3.70. The highest BCUT2D eigenvalue weighted by molar-refractivity contribution is 7.89. The molecule has 0 spiro atoms. The molecule has 7 heteroatoms. The molecular weight excluding hydrogens is 230 g/mol. The number of aromatic nitrogens is 1. The average Bonchev–Trinajstić information content (AvgIpc) is 2.29. The van der Waals surface area contributed by atoms with Crippen LogP contribution in [-0.4, -0.2) is 39.7 Å². The van der Waals surface area contributed by atoms with Gasteiger partial charge in [0.25, 0.3) is 10.0 Å². The molecule has 88 valence electrons. The third-order valence-electron chi connectivity index (χ3n) is 2.39. The number of primary sulfonamides is 1. The van der Waals surface area contributed by atoms with Crippen molar-refractivity contribution in [3.8, 4) is 0 Å². The minimum atomic E-state index is -3.70. The van der Waals surface area contributed by atoms with Crippen LogP contribution in [0.5, 0.6) is 0 Å². The third kappa shape index (κ3) is 2.49. The molecule has 2 heterocycles. The van der Waals surface area contributed by atoms with Gasteiger partial charge in [-0.1, -0.05) is 0 Å². The first-order valence-electron chi connectivity index (χ1n) is 4.89. The van der Waals surface area contributed by atoms with Gasteiger partial charge in [-0.3, -0.25) is 0 Å². The lowest BCUT2D eigenvalue weighted by Crippen LogP contribution is -2.36. The Kier molecular flexibility index (Phi) is 3.08. The van der Waals surface area contributed by atoms with Crippen LogP contribution in [0, 0.1) is 0 Å². The molecule has 0 unspecified atom stereocenters. The summed E-state index contributed by atoms with van der Waals surface area (Å²) in [5.74, 6) is 0. The molecule has 1 aliphatic heterocycles. The largest absolute Gasteiger partial charge is 0.378 e. The molecule has 1 aromatic rings. The smallest absolute Gasteiger partial charge is 0.255 e. The topological polar surface area (TPSA) is 85.5 Å². The predicted molar refractivity (Wildman–Crippen MR) is 58.6 cm³/mol. The van der Waals surface area contributed by atoms with Gasteiger partial charge in [0.1, 0.15) is 0 Å². The standard InChI is InChI=1S/C9H13N3O3S/c10-16(13,14)9-2-1-8(7-11-9)12-3-5-15-6-4-12/h1-2,7H,3-6H2,(H2,10,13,14). The zero-order valence-electron chi connectivity index (χ0n) is 8.67. The maximum absolute atomic E-state index is 11.0. The van der Waals surface area contributed by atoms with Gasteiger partial charge >= 0.3 is 0 Å². The van der Waals surface area contributed by atoms with Crippen molar-refractivity contribution < 1.29 is 13.2 Å². The molecule has 16 heavy (non-hydrogen) atoms. The molecule has 2 N–H and O–H groups in total. The van der Waals surface area contributed by atoms with Gasteiger partial charge in [0.15, 0.2) is 5.03 Å². The molecule has 0 saturated carbocycles. The fraction of sp³-hybridized carbons (Fsp3) is 0.444. The summed E-state index contributed by atoms with van der Waals surface area (Å²) < 4.78 is 27.2. The number of hydrogen-bond acceptors (Lipinski definition) is 5. The van der Waals surface area contributed by atoms with Crippen molar-refractivity contribution in [1.82, 2.24) is 4.98 Å².